The zero-order valence-electron chi connectivity index (χ0n) is 12.5. The molecule has 2 amide bonds. The van der Waals surface area contributed by atoms with E-state index < -0.39 is 5.41 Å². The normalized spacial score (nSPS) is 15.5. The maximum absolute atomic E-state index is 12.2. The van der Waals surface area contributed by atoms with Gasteiger partial charge in [0.2, 0.25) is 5.91 Å². The molecule has 1 fully saturated rings. The Balaban J connectivity index is 1.75. The number of halogens is 1. The Morgan fingerprint density at radius 1 is 1.09 bits per heavy atom. The number of amides is 2. The minimum atomic E-state index is -0.532. The highest BCUT2D eigenvalue weighted by Gasteiger charge is 2.44. The first kappa shape index (κ1) is 15.6. The van der Waals surface area contributed by atoms with Gasteiger partial charge in [0, 0.05) is 16.3 Å². The van der Waals surface area contributed by atoms with Gasteiger partial charge in [0.15, 0.2) is 0 Å². The monoisotopic (exact) mass is 328 g/mol. The summed E-state index contributed by atoms with van der Waals surface area (Å²) in [6, 6.07) is 14.1. The molecule has 0 atom stereocenters. The van der Waals surface area contributed by atoms with Crippen LogP contribution >= 0.6 is 11.6 Å². The van der Waals surface area contributed by atoms with E-state index in [1.165, 1.54) is 0 Å². The number of nitrogens with one attached hydrogen (secondary N) is 1. The van der Waals surface area contributed by atoms with Crippen LogP contribution in [0, 0.1) is 0 Å². The molecule has 23 heavy (non-hydrogen) atoms. The Hall–Kier alpha value is -2.33. The third kappa shape index (κ3) is 2.94. The number of carbonyl (C=O) groups excluding carboxylic acids is 2. The Kier molecular flexibility index (Phi) is 4.09. The molecule has 1 aliphatic carbocycles. The van der Waals surface area contributed by atoms with E-state index in [0.717, 1.165) is 24.8 Å². The highest BCUT2D eigenvalue weighted by molar-refractivity contribution is 6.31. The Morgan fingerprint density at radius 3 is 2.30 bits per heavy atom. The van der Waals surface area contributed by atoms with Crippen LogP contribution in [0.1, 0.15) is 35.2 Å². The number of rotatable bonds is 4. The molecule has 3 rings (SSSR count). The first-order valence-corrected chi connectivity index (χ1v) is 7.86. The standard InChI is InChI=1S/C18H17ClN2O2/c19-14-4-1-3-12(11-14)16(22)21-15-7-5-13(6-8-15)18(17(20)23)9-2-10-18/h1,3-8,11H,2,9-10H2,(H2,20,23)(H,21,22). The van der Waals surface area contributed by atoms with Gasteiger partial charge in [-0.25, -0.2) is 0 Å². The Bertz CT molecular complexity index is 752. The van der Waals surface area contributed by atoms with Crippen molar-refractivity contribution in [2.45, 2.75) is 24.7 Å². The van der Waals surface area contributed by atoms with Gasteiger partial charge >= 0.3 is 0 Å². The summed E-state index contributed by atoms with van der Waals surface area (Å²) in [5.41, 5.74) is 7.09. The van der Waals surface area contributed by atoms with Crippen LogP contribution in [-0.2, 0) is 10.2 Å². The molecule has 0 heterocycles. The van der Waals surface area contributed by atoms with Gasteiger partial charge in [0.1, 0.15) is 0 Å². The summed E-state index contributed by atoms with van der Waals surface area (Å²) in [6.45, 7) is 0. The second kappa shape index (κ2) is 6.05. The van der Waals surface area contributed by atoms with Gasteiger partial charge < -0.3 is 11.1 Å². The SMILES string of the molecule is NC(=O)C1(c2ccc(NC(=O)c3cccc(Cl)c3)cc2)CCC1. The maximum atomic E-state index is 12.2. The fraction of sp³-hybridized carbons (Fsp3) is 0.222. The number of nitrogens with two attached hydrogens (primary N) is 1. The van der Waals surface area contributed by atoms with Gasteiger partial charge in [-0.15, -0.1) is 0 Å². The van der Waals surface area contributed by atoms with Crippen LogP contribution in [0.5, 0.6) is 0 Å². The number of benzene rings is 2. The highest BCUT2D eigenvalue weighted by Crippen LogP contribution is 2.43. The van der Waals surface area contributed by atoms with Gasteiger partial charge in [0.05, 0.1) is 5.41 Å². The minimum Gasteiger partial charge on any atom is -0.369 e. The lowest BCUT2D eigenvalue weighted by atomic mass is 9.64. The zero-order valence-corrected chi connectivity index (χ0v) is 13.3. The number of primary amides is 1. The molecule has 0 spiro atoms. The number of anilines is 1. The summed E-state index contributed by atoms with van der Waals surface area (Å²) in [4.78, 5) is 23.9. The van der Waals surface area contributed by atoms with Crippen LogP contribution in [0.25, 0.3) is 0 Å². The molecule has 118 valence electrons. The number of hydrogen-bond acceptors (Lipinski definition) is 2. The van der Waals surface area contributed by atoms with Crippen LogP contribution in [0.4, 0.5) is 5.69 Å². The van der Waals surface area contributed by atoms with Gasteiger partial charge in [0.25, 0.3) is 5.91 Å². The van der Waals surface area contributed by atoms with E-state index in [4.69, 9.17) is 17.3 Å². The van der Waals surface area contributed by atoms with E-state index >= 15 is 0 Å². The molecule has 0 unspecified atom stereocenters. The van der Waals surface area contributed by atoms with Gasteiger partial charge in [-0.3, -0.25) is 9.59 Å². The summed E-state index contributed by atoms with van der Waals surface area (Å²) in [5.74, 6) is -0.507. The first-order chi connectivity index (χ1) is 11.0. The van der Waals surface area contributed by atoms with E-state index in [-0.39, 0.29) is 11.8 Å². The van der Waals surface area contributed by atoms with Crippen molar-refractivity contribution in [1.29, 1.82) is 0 Å². The molecule has 1 aliphatic rings. The van der Waals surface area contributed by atoms with E-state index in [2.05, 4.69) is 5.32 Å². The average Bonchev–Trinajstić information content (AvgIpc) is 2.47. The van der Waals surface area contributed by atoms with Crippen molar-refractivity contribution in [1.82, 2.24) is 0 Å². The largest absolute Gasteiger partial charge is 0.369 e. The van der Waals surface area contributed by atoms with Crippen molar-refractivity contribution in [2.24, 2.45) is 5.73 Å². The predicted octanol–water partition coefficient (Wildman–Crippen LogP) is 3.50. The quantitative estimate of drug-likeness (QED) is 0.901. The lowest BCUT2D eigenvalue weighted by molar-refractivity contribution is -0.126. The molecule has 0 aliphatic heterocycles. The highest BCUT2D eigenvalue weighted by atomic mass is 35.5. The van der Waals surface area contributed by atoms with Gasteiger partial charge in [-0.1, -0.05) is 36.2 Å². The van der Waals surface area contributed by atoms with Gasteiger partial charge in [-0.05, 0) is 48.7 Å². The molecule has 1 saturated carbocycles. The van der Waals surface area contributed by atoms with Crippen molar-refractivity contribution in [2.75, 3.05) is 5.32 Å². The third-order valence-corrected chi connectivity index (χ3v) is 4.70. The summed E-state index contributed by atoms with van der Waals surface area (Å²) in [6.07, 6.45) is 2.59. The smallest absolute Gasteiger partial charge is 0.255 e. The molecule has 0 radical (unpaired) electrons. The zero-order chi connectivity index (χ0) is 16.4. The number of hydrogen-bond donors (Lipinski definition) is 2. The van der Waals surface area contributed by atoms with Crippen LogP contribution in [-0.4, -0.2) is 11.8 Å². The minimum absolute atomic E-state index is 0.228. The van der Waals surface area contributed by atoms with Crippen LogP contribution in [0.15, 0.2) is 48.5 Å². The lowest BCUT2D eigenvalue weighted by Gasteiger charge is -2.39. The van der Waals surface area contributed by atoms with Crippen LogP contribution in [0.3, 0.4) is 0 Å². The summed E-state index contributed by atoms with van der Waals surface area (Å²) >= 11 is 5.89. The average molecular weight is 329 g/mol. The van der Waals surface area contributed by atoms with E-state index in [1.807, 2.05) is 12.1 Å². The van der Waals surface area contributed by atoms with E-state index in [0.29, 0.717) is 16.3 Å². The third-order valence-electron chi connectivity index (χ3n) is 4.46. The van der Waals surface area contributed by atoms with Crippen molar-refractivity contribution in [3.8, 4) is 0 Å². The molecule has 2 aromatic carbocycles. The molecule has 0 bridgehead atoms. The van der Waals surface area contributed by atoms with Crippen molar-refractivity contribution in [3.63, 3.8) is 0 Å². The Labute approximate surface area is 139 Å². The molecule has 4 nitrogen and oxygen atoms in total. The molecular weight excluding hydrogens is 312 g/mol. The molecule has 2 aromatic rings. The van der Waals surface area contributed by atoms with Crippen molar-refractivity contribution >= 4 is 29.1 Å². The fourth-order valence-electron chi connectivity index (χ4n) is 2.91. The lowest BCUT2D eigenvalue weighted by Crippen LogP contribution is -2.46. The summed E-state index contributed by atoms with van der Waals surface area (Å²) in [7, 11) is 0. The predicted molar refractivity (Wildman–Crippen MR) is 90.6 cm³/mol. The van der Waals surface area contributed by atoms with Crippen LogP contribution in [0.2, 0.25) is 5.02 Å². The second-order valence-corrected chi connectivity index (χ2v) is 6.28. The summed E-state index contributed by atoms with van der Waals surface area (Å²) in [5, 5.41) is 3.33. The van der Waals surface area contributed by atoms with Crippen molar-refractivity contribution < 1.29 is 9.59 Å². The maximum Gasteiger partial charge on any atom is 0.255 e. The van der Waals surface area contributed by atoms with Crippen LogP contribution < -0.4 is 11.1 Å². The van der Waals surface area contributed by atoms with E-state index in [1.54, 1.807) is 36.4 Å². The first-order valence-electron chi connectivity index (χ1n) is 7.49. The topological polar surface area (TPSA) is 72.2 Å². The molecule has 0 saturated heterocycles. The van der Waals surface area contributed by atoms with Gasteiger partial charge in [-0.2, -0.15) is 0 Å². The second-order valence-electron chi connectivity index (χ2n) is 5.84. The van der Waals surface area contributed by atoms with E-state index in [9.17, 15) is 9.59 Å². The molecular formula is C18H17ClN2O2. The number of carbonyl (C=O) groups is 2. The molecule has 5 heteroatoms. The molecule has 0 aromatic heterocycles. The molecule has 3 N–H and O–H groups in total. The fourth-order valence-corrected chi connectivity index (χ4v) is 3.10. The Morgan fingerprint density at radius 2 is 1.78 bits per heavy atom. The summed E-state index contributed by atoms with van der Waals surface area (Å²) < 4.78 is 0. The van der Waals surface area contributed by atoms with Crippen molar-refractivity contribution in [3.05, 3.63) is 64.7 Å².